The van der Waals surface area contributed by atoms with Crippen LogP contribution in [0.3, 0.4) is 0 Å². The molecule has 5 nitrogen and oxygen atoms in total. The molecular weight excluding hydrogens is 254 g/mol. The molecule has 0 aliphatic carbocycles. The minimum absolute atomic E-state index is 0.00372. The Morgan fingerprint density at radius 1 is 1.20 bits per heavy atom. The molecule has 0 saturated carbocycles. The Morgan fingerprint density at radius 3 is 2.60 bits per heavy atom. The topological polar surface area (TPSA) is 67.5 Å². The first-order valence-electron chi connectivity index (χ1n) is 6.36. The van der Waals surface area contributed by atoms with Crippen LogP contribution in [0.2, 0.25) is 0 Å². The van der Waals surface area contributed by atoms with Crippen molar-refractivity contribution in [3.05, 3.63) is 53.9 Å². The maximum absolute atomic E-state index is 10.9. The van der Waals surface area contributed by atoms with E-state index in [1.807, 2.05) is 18.2 Å². The van der Waals surface area contributed by atoms with Gasteiger partial charge in [0.1, 0.15) is 0 Å². The number of carboxylic acids is 1. The predicted molar refractivity (Wildman–Crippen MR) is 74.8 cm³/mol. The summed E-state index contributed by atoms with van der Waals surface area (Å²) in [5.41, 5.74) is 3.57. The minimum atomic E-state index is -1.05. The van der Waals surface area contributed by atoms with E-state index >= 15 is 0 Å². The Balaban J connectivity index is 2.04. The molecular formula is C15H13N3O2. The standard InChI is InChI=1S/C15H13N3O2/c1-2-10-3-5-11(6-4-10)12-7-8-14-16-13(15(19)20)9-18(14)17-12/h3-9H,2H2,1H3,(H,19,20). The van der Waals surface area contributed by atoms with E-state index in [1.54, 1.807) is 6.07 Å². The molecule has 100 valence electrons. The van der Waals surface area contributed by atoms with Gasteiger partial charge in [0.05, 0.1) is 11.9 Å². The molecule has 0 bridgehead atoms. The van der Waals surface area contributed by atoms with Gasteiger partial charge in [-0.1, -0.05) is 31.2 Å². The van der Waals surface area contributed by atoms with Gasteiger partial charge in [0.15, 0.2) is 11.3 Å². The van der Waals surface area contributed by atoms with Crippen molar-refractivity contribution in [2.45, 2.75) is 13.3 Å². The lowest BCUT2D eigenvalue weighted by molar-refractivity contribution is 0.0691. The average Bonchev–Trinajstić information content (AvgIpc) is 2.90. The maximum Gasteiger partial charge on any atom is 0.356 e. The van der Waals surface area contributed by atoms with Crippen LogP contribution in [-0.2, 0) is 6.42 Å². The summed E-state index contributed by atoms with van der Waals surface area (Å²) in [4.78, 5) is 14.9. The SMILES string of the molecule is CCc1ccc(-c2ccc3nc(C(=O)O)cn3n2)cc1. The molecule has 0 spiro atoms. The molecule has 2 aromatic heterocycles. The number of benzene rings is 1. The third-order valence-electron chi connectivity index (χ3n) is 3.20. The van der Waals surface area contributed by atoms with Gasteiger partial charge in [0.2, 0.25) is 0 Å². The highest BCUT2D eigenvalue weighted by atomic mass is 16.4. The Kier molecular flexibility index (Phi) is 2.95. The fraction of sp³-hybridized carbons (Fsp3) is 0.133. The van der Waals surface area contributed by atoms with E-state index in [2.05, 4.69) is 29.1 Å². The fourth-order valence-electron chi connectivity index (χ4n) is 2.05. The number of aromatic carboxylic acids is 1. The molecule has 0 fully saturated rings. The van der Waals surface area contributed by atoms with Crippen molar-refractivity contribution in [3.63, 3.8) is 0 Å². The number of carboxylic acid groups (broad SMARTS) is 1. The lowest BCUT2D eigenvalue weighted by Crippen LogP contribution is -1.95. The minimum Gasteiger partial charge on any atom is -0.476 e. The second kappa shape index (κ2) is 4.77. The number of hydrogen-bond acceptors (Lipinski definition) is 3. The lowest BCUT2D eigenvalue weighted by atomic mass is 10.1. The normalized spacial score (nSPS) is 10.8. The Labute approximate surface area is 115 Å². The Morgan fingerprint density at radius 2 is 1.95 bits per heavy atom. The van der Waals surface area contributed by atoms with Crippen molar-refractivity contribution in [3.8, 4) is 11.3 Å². The van der Waals surface area contributed by atoms with Crippen molar-refractivity contribution in [2.75, 3.05) is 0 Å². The van der Waals surface area contributed by atoms with Crippen LogP contribution in [0, 0.1) is 0 Å². The number of nitrogens with zero attached hydrogens (tertiary/aromatic N) is 3. The monoisotopic (exact) mass is 267 g/mol. The molecule has 0 atom stereocenters. The summed E-state index contributed by atoms with van der Waals surface area (Å²) < 4.78 is 1.49. The summed E-state index contributed by atoms with van der Waals surface area (Å²) >= 11 is 0. The number of aryl methyl sites for hydroxylation is 1. The summed E-state index contributed by atoms with van der Waals surface area (Å²) in [5.74, 6) is -1.05. The second-order valence-corrected chi connectivity index (χ2v) is 4.50. The first-order chi connectivity index (χ1) is 9.67. The first-order valence-corrected chi connectivity index (χ1v) is 6.36. The van der Waals surface area contributed by atoms with Crippen molar-refractivity contribution < 1.29 is 9.90 Å². The molecule has 3 aromatic rings. The van der Waals surface area contributed by atoms with Crippen LogP contribution in [0.15, 0.2) is 42.6 Å². The molecule has 1 aromatic carbocycles. The highest BCUT2D eigenvalue weighted by Gasteiger charge is 2.10. The van der Waals surface area contributed by atoms with E-state index in [1.165, 1.54) is 16.3 Å². The summed E-state index contributed by atoms with van der Waals surface area (Å²) in [6.45, 7) is 2.11. The number of carbonyl (C=O) groups is 1. The van der Waals surface area contributed by atoms with Crippen LogP contribution in [0.5, 0.6) is 0 Å². The smallest absolute Gasteiger partial charge is 0.356 e. The molecule has 5 heteroatoms. The molecule has 0 unspecified atom stereocenters. The van der Waals surface area contributed by atoms with Gasteiger partial charge >= 0.3 is 5.97 Å². The Hall–Kier alpha value is -2.69. The zero-order valence-corrected chi connectivity index (χ0v) is 10.9. The van der Waals surface area contributed by atoms with E-state index in [0.29, 0.717) is 5.65 Å². The van der Waals surface area contributed by atoms with E-state index in [9.17, 15) is 4.79 Å². The van der Waals surface area contributed by atoms with Crippen molar-refractivity contribution in [1.82, 2.24) is 14.6 Å². The van der Waals surface area contributed by atoms with Crippen LogP contribution in [0.1, 0.15) is 23.0 Å². The largest absolute Gasteiger partial charge is 0.476 e. The number of imidazole rings is 1. The van der Waals surface area contributed by atoms with Crippen molar-refractivity contribution in [1.29, 1.82) is 0 Å². The fourth-order valence-corrected chi connectivity index (χ4v) is 2.05. The average molecular weight is 267 g/mol. The second-order valence-electron chi connectivity index (χ2n) is 4.50. The molecule has 0 radical (unpaired) electrons. The van der Waals surface area contributed by atoms with Gasteiger partial charge in [0, 0.05) is 5.56 Å². The molecule has 0 aliphatic heterocycles. The van der Waals surface area contributed by atoms with Crippen molar-refractivity contribution >= 4 is 11.6 Å². The van der Waals surface area contributed by atoms with Gasteiger partial charge < -0.3 is 5.11 Å². The van der Waals surface area contributed by atoms with Crippen LogP contribution < -0.4 is 0 Å². The molecule has 1 N–H and O–H groups in total. The van der Waals surface area contributed by atoms with Gasteiger partial charge in [-0.2, -0.15) is 5.10 Å². The summed E-state index contributed by atoms with van der Waals surface area (Å²) in [5, 5.41) is 13.3. The third kappa shape index (κ3) is 2.14. The first kappa shape index (κ1) is 12.3. The predicted octanol–water partition coefficient (Wildman–Crippen LogP) is 2.66. The van der Waals surface area contributed by atoms with Crippen LogP contribution in [0.4, 0.5) is 0 Å². The van der Waals surface area contributed by atoms with E-state index in [0.717, 1.165) is 17.7 Å². The maximum atomic E-state index is 10.9. The van der Waals surface area contributed by atoms with Crippen LogP contribution >= 0.6 is 0 Å². The molecule has 0 saturated heterocycles. The summed E-state index contributed by atoms with van der Waals surface area (Å²) in [7, 11) is 0. The highest BCUT2D eigenvalue weighted by Crippen LogP contribution is 2.18. The van der Waals surface area contributed by atoms with E-state index in [4.69, 9.17) is 5.11 Å². The van der Waals surface area contributed by atoms with Gasteiger partial charge in [-0.25, -0.2) is 14.3 Å². The lowest BCUT2D eigenvalue weighted by Gasteiger charge is -2.02. The number of rotatable bonds is 3. The van der Waals surface area contributed by atoms with Crippen molar-refractivity contribution in [2.24, 2.45) is 0 Å². The molecule has 0 amide bonds. The highest BCUT2D eigenvalue weighted by molar-refractivity contribution is 5.86. The van der Waals surface area contributed by atoms with Crippen LogP contribution in [0.25, 0.3) is 16.9 Å². The van der Waals surface area contributed by atoms with Gasteiger partial charge in [-0.05, 0) is 24.1 Å². The zero-order valence-electron chi connectivity index (χ0n) is 10.9. The molecule has 2 heterocycles. The summed E-state index contributed by atoms with van der Waals surface area (Å²) in [6.07, 6.45) is 2.41. The van der Waals surface area contributed by atoms with Crippen LogP contribution in [-0.4, -0.2) is 25.7 Å². The third-order valence-corrected chi connectivity index (χ3v) is 3.20. The van der Waals surface area contributed by atoms with E-state index in [-0.39, 0.29) is 5.69 Å². The quantitative estimate of drug-likeness (QED) is 0.792. The Bertz CT molecular complexity index is 775. The summed E-state index contributed by atoms with van der Waals surface area (Å²) in [6, 6.07) is 11.8. The van der Waals surface area contributed by atoms with Gasteiger partial charge in [-0.15, -0.1) is 0 Å². The molecule has 20 heavy (non-hydrogen) atoms. The molecule has 0 aliphatic rings. The van der Waals surface area contributed by atoms with Gasteiger partial charge in [-0.3, -0.25) is 0 Å². The number of aromatic nitrogens is 3. The molecule has 3 rings (SSSR count). The van der Waals surface area contributed by atoms with Gasteiger partial charge in [0.25, 0.3) is 0 Å². The number of fused-ring (bicyclic) bond motifs is 1. The number of hydrogen-bond donors (Lipinski definition) is 1. The van der Waals surface area contributed by atoms with E-state index < -0.39 is 5.97 Å². The zero-order chi connectivity index (χ0) is 14.1.